The van der Waals surface area contributed by atoms with E-state index in [1.165, 1.54) is 5.56 Å². The highest BCUT2D eigenvalue weighted by Gasteiger charge is 2.07. The highest BCUT2D eigenvalue weighted by Crippen LogP contribution is 2.12. The van der Waals surface area contributed by atoms with Crippen LogP contribution in [0, 0.1) is 0 Å². The lowest BCUT2D eigenvalue weighted by Gasteiger charge is -2.13. The summed E-state index contributed by atoms with van der Waals surface area (Å²) in [6.07, 6.45) is 6.58. The third-order valence-electron chi connectivity index (χ3n) is 4.01. The van der Waals surface area contributed by atoms with Crippen LogP contribution in [0.15, 0.2) is 54.9 Å². The van der Waals surface area contributed by atoms with Crippen molar-refractivity contribution in [3.05, 3.63) is 66.2 Å². The van der Waals surface area contributed by atoms with Crippen LogP contribution in [0.25, 0.3) is 11.4 Å². The smallest absolute Gasteiger partial charge is 0.182 e. The summed E-state index contributed by atoms with van der Waals surface area (Å²) < 4.78 is 0. The molecule has 2 N–H and O–H groups in total. The molecule has 0 fully saturated rings. The molecule has 2 heterocycles. The Hall–Kier alpha value is -2.53. The van der Waals surface area contributed by atoms with Gasteiger partial charge in [0.15, 0.2) is 5.82 Å². The van der Waals surface area contributed by atoms with Crippen LogP contribution in [0.4, 0.5) is 0 Å². The van der Waals surface area contributed by atoms with E-state index in [0.717, 1.165) is 37.2 Å². The van der Waals surface area contributed by atoms with Crippen molar-refractivity contribution in [2.75, 3.05) is 6.54 Å². The second-order valence-electron chi connectivity index (χ2n) is 5.98. The predicted molar refractivity (Wildman–Crippen MR) is 95.5 cm³/mol. The number of aromatic nitrogens is 4. The zero-order valence-electron chi connectivity index (χ0n) is 13.9. The molecule has 0 spiro atoms. The third kappa shape index (κ3) is 4.73. The van der Waals surface area contributed by atoms with E-state index in [0.29, 0.717) is 11.9 Å². The van der Waals surface area contributed by atoms with Crippen molar-refractivity contribution in [1.82, 2.24) is 25.5 Å². The Bertz CT molecular complexity index is 724. The maximum Gasteiger partial charge on any atom is 0.182 e. The molecule has 1 unspecified atom stereocenters. The Balaban J connectivity index is 1.41. The molecule has 3 aromatic rings. The monoisotopic (exact) mass is 321 g/mol. The minimum absolute atomic E-state index is 0.478. The SMILES string of the molecule is CC(CCc1ccccc1)NCCc1nc(-c2cccnc2)n[nH]1. The van der Waals surface area contributed by atoms with E-state index in [1.807, 2.05) is 12.1 Å². The Kier molecular flexibility index (Phi) is 5.69. The lowest BCUT2D eigenvalue weighted by atomic mass is 10.1. The van der Waals surface area contributed by atoms with E-state index in [-0.39, 0.29) is 0 Å². The highest BCUT2D eigenvalue weighted by molar-refractivity contribution is 5.52. The number of hydrogen-bond acceptors (Lipinski definition) is 4. The van der Waals surface area contributed by atoms with Crippen molar-refractivity contribution in [3.63, 3.8) is 0 Å². The summed E-state index contributed by atoms with van der Waals surface area (Å²) in [5.74, 6) is 1.60. The molecule has 24 heavy (non-hydrogen) atoms. The van der Waals surface area contributed by atoms with Crippen molar-refractivity contribution in [2.24, 2.45) is 0 Å². The summed E-state index contributed by atoms with van der Waals surface area (Å²) in [7, 11) is 0. The van der Waals surface area contributed by atoms with Crippen LogP contribution in [-0.4, -0.2) is 32.8 Å². The van der Waals surface area contributed by atoms with Crippen molar-refractivity contribution in [1.29, 1.82) is 0 Å². The van der Waals surface area contributed by atoms with Gasteiger partial charge < -0.3 is 5.32 Å². The van der Waals surface area contributed by atoms with Gasteiger partial charge in [0, 0.05) is 37.0 Å². The zero-order valence-corrected chi connectivity index (χ0v) is 13.9. The Morgan fingerprint density at radius 3 is 2.75 bits per heavy atom. The minimum Gasteiger partial charge on any atom is -0.314 e. The van der Waals surface area contributed by atoms with Crippen molar-refractivity contribution >= 4 is 0 Å². The summed E-state index contributed by atoms with van der Waals surface area (Å²) >= 11 is 0. The molecule has 0 aliphatic rings. The highest BCUT2D eigenvalue weighted by atomic mass is 15.2. The number of nitrogens with zero attached hydrogens (tertiary/aromatic N) is 3. The summed E-state index contributed by atoms with van der Waals surface area (Å²) in [4.78, 5) is 8.62. The van der Waals surface area contributed by atoms with Crippen LogP contribution in [0.1, 0.15) is 24.7 Å². The number of rotatable bonds is 8. The van der Waals surface area contributed by atoms with Crippen molar-refractivity contribution in [3.8, 4) is 11.4 Å². The third-order valence-corrected chi connectivity index (χ3v) is 4.01. The number of hydrogen-bond donors (Lipinski definition) is 2. The number of H-pyrrole nitrogens is 1. The maximum atomic E-state index is 4.52. The van der Waals surface area contributed by atoms with Crippen LogP contribution < -0.4 is 5.32 Å². The number of pyridine rings is 1. The summed E-state index contributed by atoms with van der Waals surface area (Å²) in [5, 5.41) is 10.8. The molecular weight excluding hydrogens is 298 g/mol. The first kappa shape index (κ1) is 16.3. The lowest BCUT2D eigenvalue weighted by molar-refractivity contribution is 0.514. The molecular formula is C19H23N5. The van der Waals surface area contributed by atoms with Crippen molar-refractivity contribution in [2.45, 2.75) is 32.2 Å². The normalized spacial score (nSPS) is 12.2. The van der Waals surface area contributed by atoms with Gasteiger partial charge in [0.25, 0.3) is 0 Å². The molecule has 124 valence electrons. The minimum atomic E-state index is 0.478. The second kappa shape index (κ2) is 8.36. The standard InChI is InChI=1S/C19H23N5/c1-15(9-10-16-6-3-2-4-7-16)21-13-11-18-22-19(24-23-18)17-8-5-12-20-14-17/h2-8,12,14-15,21H,9-11,13H2,1H3,(H,22,23,24). The van der Waals surface area contributed by atoms with Crippen LogP contribution in [0.3, 0.4) is 0 Å². The first-order chi connectivity index (χ1) is 11.8. The molecule has 0 aliphatic carbocycles. The van der Waals surface area contributed by atoms with Crippen molar-refractivity contribution < 1.29 is 0 Å². The summed E-state index contributed by atoms with van der Waals surface area (Å²) in [5.41, 5.74) is 2.33. The van der Waals surface area contributed by atoms with Gasteiger partial charge in [-0.15, -0.1) is 0 Å². The Morgan fingerprint density at radius 2 is 1.96 bits per heavy atom. The average Bonchev–Trinajstić information content (AvgIpc) is 3.11. The lowest BCUT2D eigenvalue weighted by Crippen LogP contribution is -2.28. The van der Waals surface area contributed by atoms with Crippen LogP contribution in [0.2, 0.25) is 0 Å². The van der Waals surface area contributed by atoms with E-state index >= 15 is 0 Å². The largest absolute Gasteiger partial charge is 0.314 e. The first-order valence-electron chi connectivity index (χ1n) is 8.40. The van der Waals surface area contributed by atoms with Gasteiger partial charge in [-0.1, -0.05) is 30.3 Å². The van der Waals surface area contributed by atoms with Gasteiger partial charge in [0.05, 0.1) is 0 Å². The molecule has 0 amide bonds. The van der Waals surface area contributed by atoms with E-state index in [4.69, 9.17) is 0 Å². The van der Waals surface area contributed by atoms with Gasteiger partial charge in [0.1, 0.15) is 5.82 Å². The zero-order chi connectivity index (χ0) is 16.6. The van der Waals surface area contributed by atoms with E-state index in [9.17, 15) is 0 Å². The fourth-order valence-electron chi connectivity index (χ4n) is 2.60. The van der Waals surface area contributed by atoms with E-state index < -0.39 is 0 Å². The van der Waals surface area contributed by atoms with Gasteiger partial charge in [-0.3, -0.25) is 10.1 Å². The van der Waals surface area contributed by atoms with Gasteiger partial charge in [-0.2, -0.15) is 5.10 Å². The second-order valence-corrected chi connectivity index (χ2v) is 5.98. The molecule has 3 rings (SSSR count). The fourth-order valence-corrected chi connectivity index (χ4v) is 2.60. The molecule has 2 aromatic heterocycles. The molecule has 1 aromatic carbocycles. The molecule has 0 saturated heterocycles. The predicted octanol–water partition coefficient (Wildman–Crippen LogP) is 3.02. The van der Waals surface area contributed by atoms with Gasteiger partial charge in [-0.05, 0) is 37.5 Å². The van der Waals surface area contributed by atoms with Gasteiger partial charge in [-0.25, -0.2) is 4.98 Å². The number of nitrogens with one attached hydrogen (secondary N) is 2. The molecule has 0 bridgehead atoms. The number of benzene rings is 1. The molecule has 5 nitrogen and oxygen atoms in total. The maximum absolute atomic E-state index is 4.52. The molecule has 0 radical (unpaired) electrons. The fraction of sp³-hybridized carbons (Fsp3) is 0.316. The van der Waals surface area contributed by atoms with Gasteiger partial charge in [0.2, 0.25) is 0 Å². The van der Waals surface area contributed by atoms with Crippen LogP contribution >= 0.6 is 0 Å². The average molecular weight is 321 g/mol. The molecule has 0 saturated carbocycles. The van der Waals surface area contributed by atoms with E-state index in [2.05, 4.69) is 62.7 Å². The first-order valence-corrected chi connectivity index (χ1v) is 8.40. The van der Waals surface area contributed by atoms with Crippen LogP contribution in [0.5, 0.6) is 0 Å². The molecule has 0 aliphatic heterocycles. The van der Waals surface area contributed by atoms with E-state index in [1.54, 1.807) is 12.4 Å². The number of aromatic amines is 1. The summed E-state index contributed by atoms with van der Waals surface area (Å²) in [6, 6.07) is 14.9. The number of aryl methyl sites for hydroxylation is 1. The Labute approximate surface area is 142 Å². The Morgan fingerprint density at radius 1 is 1.08 bits per heavy atom. The summed E-state index contributed by atoms with van der Waals surface area (Å²) in [6.45, 7) is 3.11. The van der Waals surface area contributed by atoms with Gasteiger partial charge >= 0.3 is 0 Å². The molecule has 5 heteroatoms. The quantitative estimate of drug-likeness (QED) is 0.669. The molecule has 1 atom stereocenters. The topological polar surface area (TPSA) is 66.5 Å². The van der Waals surface area contributed by atoms with Crippen LogP contribution in [-0.2, 0) is 12.8 Å².